The molecule has 0 bridgehead atoms. The molecule has 0 radical (unpaired) electrons. The number of methoxy groups -OCH3 is 1. The number of rotatable bonds is 2. The van der Waals surface area contributed by atoms with Crippen LogP contribution < -0.4 is 0 Å². The first-order valence-corrected chi connectivity index (χ1v) is 5.03. The molecule has 0 atom stereocenters. The largest absolute Gasteiger partial charge is 0.379 e. The zero-order valence-electron chi connectivity index (χ0n) is 5.45. The molecule has 10 heavy (non-hydrogen) atoms. The molecule has 0 aromatic carbocycles. The van der Waals surface area contributed by atoms with E-state index >= 15 is 0 Å². The molecule has 4 nitrogen and oxygen atoms in total. The van der Waals surface area contributed by atoms with E-state index in [1.54, 1.807) is 7.11 Å². The fraction of sp³-hybridized carbons (Fsp3) is 1.00. The Hall–Kier alpha value is 0.160. The highest BCUT2D eigenvalue weighted by Gasteiger charge is 2.34. The van der Waals surface area contributed by atoms with E-state index < -0.39 is 9.24 Å². The molecule has 1 fully saturated rings. The van der Waals surface area contributed by atoms with Crippen LogP contribution in [0.4, 0.5) is 0 Å². The molecule has 1 aliphatic rings. The van der Waals surface area contributed by atoms with E-state index in [4.69, 9.17) is 15.4 Å². The maximum absolute atomic E-state index is 10.5. The van der Waals surface area contributed by atoms with E-state index in [-0.39, 0.29) is 6.10 Å². The number of ether oxygens (including phenoxy) is 1. The van der Waals surface area contributed by atoms with Crippen molar-refractivity contribution in [3.05, 3.63) is 0 Å². The molecule has 0 aliphatic carbocycles. The summed E-state index contributed by atoms with van der Waals surface area (Å²) < 4.78 is 27.0. The molecule has 0 amide bonds. The van der Waals surface area contributed by atoms with Gasteiger partial charge in [0.2, 0.25) is 0 Å². The van der Waals surface area contributed by atoms with E-state index in [2.05, 4.69) is 0 Å². The molecule has 0 saturated carbocycles. The standard InChI is InChI=1S/C4H8ClNO3S/c1-9-4-2-6(3-4)10(5,7)8/h4H,2-3H2,1H3. The van der Waals surface area contributed by atoms with Crippen LogP contribution in [-0.2, 0) is 14.0 Å². The van der Waals surface area contributed by atoms with Crippen molar-refractivity contribution in [2.45, 2.75) is 6.10 Å². The van der Waals surface area contributed by atoms with Gasteiger partial charge in [-0.15, -0.1) is 0 Å². The van der Waals surface area contributed by atoms with Gasteiger partial charge in [0.15, 0.2) is 0 Å². The summed E-state index contributed by atoms with van der Waals surface area (Å²) in [6.45, 7) is 0.755. The zero-order valence-corrected chi connectivity index (χ0v) is 7.02. The van der Waals surface area contributed by atoms with Gasteiger partial charge >= 0.3 is 0 Å². The van der Waals surface area contributed by atoms with Crippen molar-refractivity contribution in [3.63, 3.8) is 0 Å². The Labute approximate surface area is 64.3 Å². The monoisotopic (exact) mass is 185 g/mol. The van der Waals surface area contributed by atoms with E-state index in [1.807, 2.05) is 0 Å². The lowest BCUT2D eigenvalue weighted by Crippen LogP contribution is -2.52. The summed E-state index contributed by atoms with van der Waals surface area (Å²) in [4.78, 5) is 0. The van der Waals surface area contributed by atoms with Gasteiger partial charge in [-0.3, -0.25) is 0 Å². The summed E-state index contributed by atoms with van der Waals surface area (Å²) >= 11 is 0. The Morgan fingerprint density at radius 1 is 1.60 bits per heavy atom. The average Bonchev–Trinajstić information content (AvgIpc) is 1.57. The van der Waals surface area contributed by atoms with Crippen LogP contribution in [0, 0.1) is 0 Å². The Kier molecular flexibility index (Phi) is 2.19. The summed E-state index contributed by atoms with van der Waals surface area (Å²) in [6, 6.07) is 0. The molecular weight excluding hydrogens is 178 g/mol. The maximum Gasteiger partial charge on any atom is 0.299 e. The van der Waals surface area contributed by atoms with Crippen molar-refractivity contribution in [2.75, 3.05) is 20.2 Å². The van der Waals surface area contributed by atoms with Crippen molar-refractivity contribution in [3.8, 4) is 0 Å². The number of hydrogen-bond acceptors (Lipinski definition) is 3. The third-order valence-electron chi connectivity index (χ3n) is 1.46. The van der Waals surface area contributed by atoms with Crippen LogP contribution in [-0.4, -0.2) is 39.0 Å². The summed E-state index contributed by atoms with van der Waals surface area (Å²) in [5, 5.41) is 0. The minimum atomic E-state index is -3.48. The average molecular weight is 186 g/mol. The van der Waals surface area contributed by atoms with Gasteiger partial charge in [-0.2, -0.15) is 12.7 Å². The van der Waals surface area contributed by atoms with Crippen LogP contribution in [0.5, 0.6) is 0 Å². The van der Waals surface area contributed by atoms with Gasteiger partial charge < -0.3 is 4.74 Å². The maximum atomic E-state index is 10.5. The second-order valence-electron chi connectivity index (χ2n) is 2.12. The van der Waals surface area contributed by atoms with Gasteiger partial charge in [-0.1, -0.05) is 0 Å². The first kappa shape index (κ1) is 8.26. The normalized spacial score (nSPS) is 22.6. The molecule has 0 aromatic rings. The van der Waals surface area contributed by atoms with Crippen LogP contribution in [0.15, 0.2) is 0 Å². The van der Waals surface area contributed by atoms with E-state index in [1.165, 1.54) is 0 Å². The van der Waals surface area contributed by atoms with E-state index in [0.717, 1.165) is 4.31 Å². The Balaban J connectivity index is 2.41. The molecule has 1 heterocycles. The summed E-state index contributed by atoms with van der Waals surface area (Å²) in [6.07, 6.45) is 0.0218. The first-order valence-electron chi connectivity index (χ1n) is 2.76. The smallest absolute Gasteiger partial charge is 0.299 e. The second-order valence-corrected chi connectivity index (χ2v) is 4.63. The predicted molar refractivity (Wildman–Crippen MR) is 37.1 cm³/mol. The Morgan fingerprint density at radius 3 is 2.40 bits per heavy atom. The molecule has 0 spiro atoms. The molecule has 0 aromatic heterocycles. The lowest BCUT2D eigenvalue weighted by atomic mass is 10.2. The first-order chi connectivity index (χ1) is 4.54. The number of hydrogen-bond donors (Lipinski definition) is 0. The molecule has 1 saturated heterocycles. The number of nitrogens with zero attached hydrogens (tertiary/aromatic N) is 1. The minimum Gasteiger partial charge on any atom is -0.379 e. The topological polar surface area (TPSA) is 46.6 Å². The molecular formula is C4H8ClNO3S. The molecule has 60 valence electrons. The molecule has 6 heteroatoms. The van der Waals surface area contributed by atoms with Crippen LogP contribution >= 0.6 is 10.7 Å². The summed E-state index contributed by atoms with van der Waals surface area (Å²) in [5.74, 6) is 0. The van der Waals surface area contributed by atoms with Gasteiger partial charge in [-0.05, 0) is 0 Å². The van der Waals surface area contributed by atoms with Crippen molar-refractivity contribution >= 4 is 19.9 Å². The summed E-state index contributed by atoms with van der Waals surface area (Å²) in [7, 11) is 3.06. The van der Waals surface area contributed by atoms with Gasteiger partial charge in [0.05, 0.1) is 6.10 Å². The molecule has 1 rings (SSSR count). The second kappa shape index (κ2) is 2.65. The highest BCUT2D eigenvalue weighted by molar-refractivity contribution is 8.11. The van der Waals surface area contributed by atoms with Crippen LogP contribution in [0.3, 0.4) is 0 Å². The van der Waals surface area contributed by atoms with Gasteiger partial charge in [0.25, 0.3) is 9.24 Å². The Bertz CT molecular complexity index is 209. The summed E-state index contributed by atoms with van der Waals surface area (Å²) in [5.41, 5.74) is 0. The highest BCUT2D eigenvalue weighted by Crippen LogP contribution is 2.17. The van der Waals surface area contributed by atoms with Crippen molar-refractivity contribution in [1.29, 1.82) is 0 Å². The quantitative estimate of drug-likeness (QED) is 0.560. The molecule has 0 unspecified atom stereocenters. The molecule has 1 aliphatic heterocycles. The minimum absolute atomic E-state index is 0.0218. The highest BCUT2D eigenvalue weighted by atomic mass is 35.7. The molecule has 0 N–H and O–H groups in total. The van der Waals surface area contributed by atoms with Crippen LogP contribution in [0.2, 0.25) is 0 Å². The lowest BCUT2D eigenvalue weighted by Gasteiger charge is -2.34. The lowest BCUT2D eigenvalue weighted by molar-refractivity contribution is 0.0136. The van der Waals surface area contributed by atoms with Gasteiger partial charge in [0.1, 0.15) is 0 Å². The van der Waals surface area contributed by atoms with Crippen molar-refractivity contribution in [2.24, 2.45) is 0 Å². The van der Waals surface area contributed by atoms with Crippen molar-refractivity contribution < 1.29 is 13.2 Å². The SMILES string of the molecule is COC1CN(S(=O)(=O)Cl)C1. The Morgan fingerprint density at radius 2 is 2.10 bits per heavy atom. The van der Waals surface area contributed by atoms with Gasteiger partial charge in [0, 0.05) is 30.9 Å². The van der Waals surface area contributed by atoms with E-state index in [0.29, 0.717) is 13.1 Å². The van der Waals surface area contributed by atoms with Crippen molar-refractivity contribution in [1.82, 2.24) is 4.31 Å². The predicted octanol–water partition coefficient (Wildman–Crippen LogP) is -0.199. The third-order valence-corrected chi connectivity index (χ3v) is 2.96. The van der Waals surface area contributed by atoms with Crippen LogP contribution in [0.25, 0.3) is 0 Å². The van der Waals surface area contributed by atoms with Gasteiger partial charge in [-0.25, -0.2) is 0 Å². The third kappa shape index (κ3) is 1.60. The number of halogens is 1. The van der Waals surface area contributed by atoms with E-state index in [9.17, 15) is 8.42 Å². The fourth-order valence-corrected chi connectivity index (χ4v) is 1.75. The fourth-order valence-electron chi connectivity index (χ4n) is 0.728. The zero-order chi connectivity index (χ0) is 7.78. The van der Waals surface area contributed by atoms with Crippen LogP contribution in [0.1, 0.15) is 0 Å².